The highest BCUT2D eigenvalue weighted by molar-refractivity contribution is 5.74. The summed E-state index contributed by atoms with van der Waals surface area (Å²) >= 11 is 0. The first kappa shape index (κ1) is 17.9. The number of carbonyl (C=O) groups is 1. The summed E-state index contributed by atoms with van der Waals surface area (Å²) in [5, 5.41) is 0. The zero-order valence-electron chi connectivity index (χ0n) is 14.5. The van der Waals surface area contributed by atoms with Crippen molar-refractivity contribution >= 4 is 5.97 Å². The smallest absolute Gasteiger partial charge is 0.325 e. The largest absolute Gasteiger partial charge is 0.490 e. The molecule has 2 aromatic rings. The third-order valence-electron chi connectivity index (χ3n) is 3.74. The minimum Gasteiger partial charge on any atom is -0.490 e. The molecule has 1 aromatic carbocycles. The molecule has 0 spiro atoms. The lowest BCUT2D eigenvalue weighted by atomic mass is 10.1. The van der Waals surface area contributed by atoms with E-state index in [0.717, 1.165) is 18.4 Å². The maximum Gasteiger partial charge on any atom is 0.325 e. The van der Waals surface area contributed by atoms with E-state index in [1.807, 2.05) is 44.2 Å². The van der Waals surface area contributed by atoms with Crippen molar-refractivity contribution in [2.24, 2.45) is 5.92 Å². The third kappa shape index (κ3) is 4.78. The summed E-state index contributed by atoms with van der Waals surface area (Å²) in [6, 6.07) is 9.73. The molecule has 1 atom stereocenters. The molecular formula is C19H24N2O3. The lowest BCUT2D eigenvalue weighted by molar-refractivity contribution is -0.139. The van der Waals surface area contributed by atoms with Crippen molar-refractivity contribution < 1.29 is 14.3 Å². The summed E-state index contributed by atoms with van der Waals surface area (Å²) in [4.78, 5) is 20.5. The van der Waals surface area contributed by atoms with Crippen molar-refractivity contribution in [3.05, 3.63) is 36.5 Å². The standard InChI is InChI=1S/C19H24N2O3/c1-4-6-12-23-16-13-20-19(24-18(22)14(3)5-2)21-17(16)15-10-8-7-9-11-15/h7-11,13-14H,4-6,12H2,1-3H3. The van der Waals surface area contributed by atoms with Gasteiger partial charge in [-0.3, -0.25) is 4.79 Å². The van der Waals surface area contributed by atoms with E-state index in [1.165, 1.54) is 0 Å². The van der Waals surface area contributed by atoms with Gasteiger partial charge in [0.1, 0.15) is 5.69 Å². The van der Waals surface area contributed by atoms with Gasteiger partial charge in [-0.1, -0.05) is 57.5 Å². The zero-order chi connectivity index (χ0) is 17.4. The first-order valence-electron chi connectivity index (χ1n) is 8.42. The topological polar surface area (TPSA) is 61.3 Å². The molecular weight excluding hydrogens is 304 g/mol. The maximum absolute atomic E-state index is 12.0. The van der Waals surface area contributed by atoms with Crippen molar-refractivity contribution in [2.75, 3.05) is 6.61 Å². The SMILES string of the molecule is CCCCOc1cnc(OC(=O)C(C)CC)nc1-c1ccccc1. The number of carbonyl (C=O) groups excluding carboxylic acids is 1. The molecule has 1 unspecified atom stereocenters. The molecule has 24 heavy (non-hydrogen) atoms. The van der Waals surface area contributed by atoms with Gasteiger partial charge in [0, 0.05) is 5.56 Å². The van der Waals surface area contributed by atoms with Crippen LogP contribution in [0.2, 0.25) is 0 Å². The highest BCUT2D eigenvalue weighted by Crippen LogP contribution is 2.29. The Morgan fingerprint density at radius 2 is 1.96 bits per heavy atom. The van der Waals surface area contributed by atoms with Crippen LogP contribution in [0.4, 0.5) is 0 Å². The highest BCUT2D eigenvalue weighted by atomic mass is 16.5. The molecule has 1 aromatic heterocycles. The Balaban J connectivity index is 2.28. The van der Waals surface area contributed by atoms with Crippen LogP contribution >= 0.6 is 0 Å². The van der Waals surface area contributed by atoms with E-state index in [0.29, 0.717) is 24.5 Å². The van der Waals surface area contributed by atoms with Gasteiger partial charge in [0.25, 0.3) is 0 Å². The van der Waals surface area contributed by atoms with E-state index in [1.54, 1.807) is 6.20 Å². The van der Waals surface area contributed by atoms with Gasteiger partial charge in [-0.15, -0.1) is 0 Å². The van der Waals surface area contributed by atoms with Gasteiger partial charge >= 0.3 is 12.0 Å². The Labute approximate surface area is 143 Å². The molecule has 0 N–H and O–H groups in total. The van der Waals surface area contributed by atoms with Crippen molar-refractivity contribution in [1.29, 1.82) is 0 Å². The Morgan fingerprint density at radius 1 is 1.21 bits per heavy atom. The highest BCUT2D eigenvalue weighted by Gasteiger charge is 2.17. The second kappa shape index (κ2) is 9.01. The van der Waals surface area contributed by atoms with E-state index in [2.05, 4.69) is 16.9 Å². The molecule has 0 aliphatic carbocycles. The number of aromatic nitrogens is 2. The summed E-state index contributed by atoms with van der Waals surface area (Å²) in [6.07, 6.45) is 4.29. The molecule has 1 heterocycles. The van der Waals surface area contributed by atoms with Crippen LogP contribution in [0, 0.1) is 5.92 Å². The molecule has 5 nitrogen and oxygen atoms in total. The number of hydrogen-bond donors (Lipinski definition) is 0. The molecule has 0 bridgehead atoms. The van der Waals surface area contributed by atoms with Crippen molar-refractivity contribution in [2.45, 2.75) is 40.0 Å². The number of hydrogen-bond acceptors (Lipinski definition) is 5. The van der Waals surface area contributed by atoms with Crippen molar-refractivity contribution in [3.63, 3.8) is 0 Å². The van der Waals surface area contributed by atoms with Crippen LogP contribution < -0.4 is 9.47 Å². The molecule has 2 rings (SSSR count). The summed E-state index contributed by atoms with van der Waals surface area (Å²) in [5.74, 6) is 0.0865. The molecule has 0 radical (unpaired) electrons. The van der Waals surface area contributed by atoms with E-state index in [9.17, 15) is 4.79 Å². The summed E-state index contributed by atoms with van der Waals surface area (Å²) < 4.78 is 11.1. The Bertz CT molecular complexity index is 659. The Hall–Kier alpha value is -2.43. The molecule has 0 saturated carbocycles. The first-order valence-corrected chi connectivity index (χ1v) is 8.42. The maximum atomic E-state index is 12.0. The summed E-state index contributed by atoms with van der Waals surface area (Å²) in [5.41, 5.74) is 1.53. The van der Waals surface area contributed by atoms with Gasteiger partial charge in [0.2, 0.25) is 0 Å². The molecule has 0 aliphatic heterocycles. The lowest BCUT2D eigenvalue weighted by Crippen LogP contribution is -2.18. The number of rotatable bonds is 8. The molecule has 0 saturated heterocycles. The summed E-state index contributed by atoms with van der Waals surface area (Å²) in [7, 11) is 0. The number of esters is 1. The quantitative estimate of drug-likeness (QED) is 0.535. The molecule has 0 fully saturated rings. The van der Waals surface area contributed by atoms with Crippen molar-refractivity contribution in [3.8, 4) is 23.0 Å². The second-order valence-corrected chi connectivity index (χ2v) is 5.66. The Morgan fingerprint density at radius 3 is 2.62 bits per heavy atom. The molecule has 0 amide bonds. The number of ether oxygens (including phenoxy) is 2. The zero-order valence-corrected chi connectivity index (χ0v) is 14.5. The fourth-order valence-corrected chi connectivity index (χ4v) is 2.00. The first-order chi connectivity index (χ1) is 11.7. The monoisotopic (exact) mass is 328 g/mol. The van der Waals surface area contributed by atoms with Crippen LogP contribution in [0.1, 0.15) is 40.0 Å². The second-order valence-electron chi connectivity index (χ2n) is 5.66. The van der Waals surface area contributed by atoms with Crippen LogP contribution in [-0.4, -0.2) is 22.5 Å². The number of nitrogens with zero attached hydrogens (tertiary/aromatic N) is 2. The van der Waals surface area contributed by atoms with E-state index in [4.69, 9.17) is 9.47 Å². The predicted molar refractivity (Wildman–Crippen MR) is 93.0 cm³/mol. The van der Waals surface area contributed by atoms with Gasteiger partial charge in [-0.05, 0) is 12.8 Å². The Kier molecular flexibility index (Phi) is 6.73. The van der Waals surface area contributed by atoms with Crippen LogP contribution in [-0.2, 0) is 4.79 Å². The van der Waals surface area contributed by atoms with E-state index in [-0.39, 0.29) is 17.9 Å². The summed E-state index contributed by atoms with van der Waals surface area (Å²) in [6.45, 7) is 6.47. The number of unbranched alkanes of at least 4 members (excludes halogenated alkanes) is 1. The predicted octanol–water partition coefficient (Wildman–Crippen LogP) is 4.27. The molecule has 128 valence electrons. The van der Waals surface area contributed by atoms with E-state index < -0.39 is 0 Å². The van der Waals surface area contributed by atoms with Crippen molar-refractivity contribution in [1.82, 2.24) is 9.97 Å². The third-order valence-corrected chi connectivity index (χ3v) is 3.74. The normalized spacial score (nSPS) is 11.8. The minimum absolute atomic E-state index is 0.0574. The van der Waals surface area contributed by atoms with Crippen LogP contribution in [0.15, 0.2) is 36.5 Å². The van der Waals surface area contributed by atoms with Crippen LogP contribution in [0.25, 0.3) is 11.3 Å². The van der Waals surface area contributed by atoms with Gasteiger partial charge in [0.05, 0.1) is 18.7 Å². The molecule has 5 heteroatoms. The average molecular weight is 328 g/mol. The minimum atomic E-state index is -0.323. The lowest BCUT2D eigenvalue weighted by Gasteiger charge is -2.12. The van der Waals surface area contributed by atoms with Crippen LogP contribution in [0.3, 0.4) is 0 Å². The fraction of sp³-hybridized carbons (Fsp3) is 0.421. The van der Waals surface area contributed by atoms with Gasteiger partial charge in [-0.25, -0.2) is 0 Å². The molecule has 0 aliphatic rings. The fourth-order valence-electron chi connectivity index (χ4n) is 2.00. The van der Waals surface area contributed by atoms with Gasteiger partial charge in [0.15, 0.2) is 5.75 Å². The number of benzene rings is 1. The van der Waals surface area contributed by atoms with Gasteiger partial charge in [-0.2, -0.15) is 9.97 Å². The average Bonchev–Trinajstić information content (AvgIpc) is 2.62. The van der Waals surface area contributed by atoms with Gasteiger partial charge < -0.3 is 9.47 Å². The van der Waals surface area contributed by atoms with E-state index >= 15 is 0 Å². The van der Waals surface area contributed by atoms with Crippen LogP contribution in [0.5, 0.6) is 11.8 Å².